The van der Waals surface area contributed by atoms with Gasteiger partial charge < -0.3 is 10.2 Å². The Kier molecular flexibility index (Phi) is 2.07. The number of para-hydroxylation sites is 2. The Morgan fingerprint density at radius 2 is 2.12 bits per heavy atom. The van der Waals surface area contributed by atoms with E-state index in [1.807, 2.05) is 38.1 Å². The van der Waals surface area contributed by atoms with E-state index in [0.29, 0.717) is 12.6 Å². The molecule has 0 saturated carbocycles. The molecule has 1 N–H and O–H groups in total. The van der Waals surface area contributed by atoms with Crippen LogP contribution in [0.4, 0.5) is 10.7 Å². The molecule has 0 unspecified atom stereocenters. The molecule has 2 aromatic rings. The Labute approximate surface area is 99.0 Å². The molecule has 0 fully saturated rings. The zero-order chi connectivity index (χ0) is 12.0. The van der Waals surface area contributed by atoms with Gasteiger partial charge in [0.15, 0.2) is 0 Å². The number of rotatable bonds is 1. The number of fused-ring (bicyclic) bond motifs is 3. The summed E-state index contributed by atoms with van der Waals surface area (Å²) in [7, 11) is 0. The number of anilines is 1. The highest BCUT2D eigenvalue weighted by atomic mass is 16.2. The Hall–Kier alpha value is -2.04. The van der Waals surface area contributed by atoms with Gasteiger partial charge >= 0.3 is 6.03 Å². The van der Waals surface area contributed by atoms with Gasteiger partial charge in [-0.3, -0.25) is 0 Å². The molecule has 0 bridgehead atoms. The lowest BCUT2D eigenvalue weighted by atomic mass is 10.3. The summed E-state index contributed by atoms with van der Waals surface area (Å²) in [6.07, 6.45) is 0. The van der Waals surface area contributed by atoms with Crippen molar-refractivity contribution in [1.29, 1.82) is 0 Å². The van der Waals surface area contributed by atoms with Crippen molar-refractivity contribution in [2.24, 2.45) is 0 Å². The summed E-state index contributed by atoms with van der Waals surface area (Å²) in [6, 6.07) is 7.82. The Bertz CT molecular complexity index is 587. The molecule has 0 saturated heterocycles. The van der Waals surface area contributed by atoms with Gasteiger partial charge in [-0.2, -0.15) is 0 Å². The first-order valence-corrected chi connectivity index (χ1v) is 5.71. The van der Waals surface area contributed by atoms with Crippen molar-refractivity contribution in [3.8, 4) is 0 Å². The van der Waals surface area contributed by atoms with E-state index in [-0.39, 0.29) is 12.1 Å². The zero-order valence-corrected chi connectivity index (χ0v) is 9.84. The van der Waals surface area contributed by atoms with E-state index >= 15 is 0 Å². The van der Waals surface area contributed by atoms with E-state index in [9.17, 15) is 4.79 Å². The Morgan fingerprint density at radius 1 is 1.35 bits per heavy atom. The van der Waals surface area contributed by atoms with Crippen molar-refractivity contribution in [3.63, 3.8) is 0 Å². The van der Waals surface area contributed by atoms with Crippen molar-refractivity contribution in [2.75, 3.05) is 12.0 Å². The maximum atomic E-state index is 12.3. The standard InChI is InChI=1S/C12H14N4O/c1-8(2)15-7-13-11-14-9-5-3-4-6-10(9)16(11)12(15)17/h3-6,8H,7H2,1-2H3,(H,13,14). The van der Waals surface area contributed by atoms with Crippen LogP contribution in [0.5, 0.6) is 0 Å². The summed E-state index contributed by atoms with van der Waals surface area (Å²) < 4.78 is 1.64. The molecular formula is C12H14N4O. The molecule has 88 valence electrons. The Balaban J connectivity index is 2.19. The normalized spacial score (nSPS) is 15.2. The van der Waals surface area contributed by atoms with Gasteiger partial charge in [-0.15, -0.1) is 0 Å². The molecule has 5 nitrogen and oxygen atoms in total. The highest BCUT2D eigenvalue weighted by Crippen LogP contribution is 2.23. The molecule has 1 aromatic heterocycles. The van der Waals surface area contributed by atoms with Crippen LogP contribution >= 0.6 is 0 Å². The van der Waals surface area contributed by atoms with E-state index in [0.717, 1.165) is 11.0 Å². The lowest BCUT2D eigenvalue weighted by Gasteiger charge is -2.31. The third kappa shape index (κ3) is 1.39. The van der Waals surface area contributed by atoms with Crippen LogP contribution in [0.25, 0.3) is 11.0 Å². The van der Waals surface area contributed by atoms with E-state index in [1.54, 1.807) is 9.47 Å². The van der Waals surface area contributed by atoms with Gasteiger partial charge in [-0.1, -0.05) is 12.1 Å². The van der Waals surface area contributed by atoms with Crippen LogP contribution in [0.3, 0.4) is 0 Å². The molecule has 1 aromatic carbocycles. The minimum atomic E-state index is -0.0116. The second-order valence-corrected chi connectivity index (χ2v) is 4.44. The van der Waals surface area contributed by atoms with Gasteiger partial charge in [0.2, 0.25) is 5.95 Å². The van der Waals surface area contributed by atoms with Crippen LogP contribution in [0.2, 0.25) is 0 Å². The van der Waals surface area contributed by atoms with Crippen molar-refractivity contribution >= 4 is 23.0 Å². The Morgan fingerprint density at radius 3 is 2.88 bits per heavy atom. The number of hydrogen-bond donors (Lipinski definition) is 1. The minimum Gasteiger partial charge on any atom is -0.337 e. The summed E-state index contributed by atoms with van der Waals surface area (Å²) in [5.41, 5.74) is 1.69. The number of carbonyl (C=O) groups excluding carboxylic acids is 1. The van der Waals surface area contributed by atoms with Crippen molar-refractivity contribution in [3.05, 3.63) is 24.3 Å². The third-order valence-corrected chi connectivity index (χ3v) is 3.03. The average molecular weight is 230 g/mol. The van der Waals surface area contributed by atoms with E-state index in [1.165, 1.54) is 0 Å². The van der Waals surface area contributed by atoms with Gasteiger partial charge in [-0.25, -0.2) is 14.3 Å². The monoisotopic (exact) mass is 230 g/mol. The van der Waals surface area contributed by atoms with Crippen molar-refractivity contribution in [1.82, 2.24) is 14.5 Å². The summed E-state index contributed by atoms with van der Waals surface area (Å²) >= 11 is 0. The zero-order valence-electron chi connectivity index (χ0n) is 9.84. The van der Waals surface area contributed by atoms with Crippen LogP contribution in [0.15, 0.2) is 24.3 Å². The maximum Gasteiger partial charge on any atom is 0.333 e. The predicted molar refractivity (Wildman–Crippen MR) is 66.0 cm³/mol. The number of hydrogen-bond acceptors (Lipinski definition) is 3. The van der Waals surface area contributed by atoms with Crippen molar-refractivity contribution in [2.45, 2.75) is 19.9 Å². The molecule has 0 atom stereocenters. The minimum absolute atomic E-state index is 0.0116. The van der Waals surface area contributed by atoms with Gasteiger partial charge in [0.05, 0.1) is 17.7 Å². The first kappa shape index (κ1) is 10.1. The fraction of sp³-hybridized carbons (Fsp3) is 0.333. The van der Waals surface area contributed by atoms with Crippen LogP contribution in [0, 0.1) is 0 Å². The quantitative estimate of drug-likeness (QED) is 0.816. The van der Waals surface area contributed by atoms with E-state index < -0.39 is 0 Å². The molecule has 1 aliphatic heterocycles. The summed E-state index contributed by atoms with van der Waals surface area (Å²) in [5, 5.41) is 3.17. The van der Waals surface area contributed by atoms with Crippen LogP contribution in [-0.4, -0.2) is 33.2 Å². The molecule has 0 radical (unpaired) electrons. The lowest BCUT2D eigenvalue weighted by molar-refractivity contribution is 0.186. The number of aromatic nitrogens is 2. The summed E-state index contributed by atoms with van der Waals surface area (Å²) in [6.45, 7) is 4.52. The second-order valence-electron chi connectivity index (χ2n) is 4.44. The molecule has 5 heteroatoms. The molecular weight excluding hydrogens is 216 g/mol. The fourth-order valence-corrected chi connectivity index (χ4v) is 2.09. The van der Waals surface area contributed by atoms with Gasteiger partial charge in [0.25, 0.3) is 0 Å². The molecule has 0 spiro atoms. The number of carbonyl (C=O) groups is 1. The van der Waals surface area contributed by atoms with E-state index in [4.69, 9.17) is 0 Å². The number of nitrogens with one attached hydrogen (secondary N) is 1. The number of amides is 1. The number of benzene rings is 1. The number of imidazole rings is 1. The van der Waals surface area contributed by atoms with Crippen molar-refractivity contribution < 1.29 is 4.79 Å². The average Bonchev–Trinajstić information content (AvgIpc) is 2.67. The highest BCUT2D eigenvalue weighted by molar-refractivity contribution is 5.94. The molecule has 1 amide bonds. The van der Waals surface area contributed by atoms with Gasteiger partial charge in [0, 0.05) is 6.04 Å². The van der Waals surface area contributed by atoms with Crippen LogP contribution in [0.1, 0.15) is 13.8 Å². The van der Waals surface area contributed by atoms with E-state index in [2.05, 4.69) is 10.3 Å². The highest BCUT2D eigenvalue weighted by Gasteiger charge is 2.28. The molecule has 2 heterocycles. The fourth-order valence-electron chi connectivity index (χ4n) is 2.09. The maximum absolute atomic E-state index is 12.3. The molecule has 3 rings (SSSR count). The molecule has 1 aliphatic rings. The van der Waals surface area contributed by atoms with Gasteiger partial charge in [0.1, 0.15) is 0 Å². The first-order valence-electron chi connectivity index (χ1n) is 5.71. The summed E-state index contributed by atoms with van der Waals surface area (Å²) in [5.74, 6) is 0.633. The first-order chi connectivity index (χ1) is 8.18. The molecule has 17 heavy (non-hydrogen) atoms. The largest absolute Gasteiger partial charge is 0.337 e. The second kappa shape index (κ2) is 3.48. The number of nitrogens with zero attached hydrogens (tertiary/aromatic N) is 3. The smallest absolute Gasteiger partial charge is 0.333 e. The lowest BCUT2D eigenvalue weighted by Crippen LogP contribution is -2.47. The van der Waals surface area contributed by atoms with Crippen LogP contribution < -0.4 is 5.32 Å². The summed E-state index contributed by atoms with van der Waals surface area (Å²) in [4.78, 5) is 18.5. The third-order valence-electron chi connectivity index (χ3n) is 3.03. The molecule has 0 aliphatic carbocycles. The van der Waals surface area contributed by atoms with Gasteiger partial charge in [-0.05, 0) is 26.0 Å². The predicted octanol–water partition coefficient (Wildman–Crippen LogP) is 2.10. The topological polar surface area (TPSA) is 50.2 Å². The SMILES string of the molecule is CC(C)N1CNc2nc3ccccc3n2C1=O. The van der Waals surface area contributed by atoms with Crippen LogP contribution in [-0.2, 0) is 0 Å².